The van der Waals surface area contributed by atoms with Crippen LogP contribution in [0.25, 0.3) is 10.9 Å². The molecule has 3 aliphatic rings. The molecular formula is C21H25N7OS. The third kappa shape index (κ3) is 3.71. The van der Waals surface area contributed by atoms with E-state index in [1.165, 1.54) is 0 Å². The smallest absolute Gasteiger partial charge is 0.240 e. The van der Waals surface area contributed by atoms with Gasteiger partial charge in [0.05, 0.1) is 17.4 Å². The Morgan fingerprint density at radius 1 is 1.17 bits per heavy atom. The topological polar surface area (TPSA) is 88.4 Å². The number of benzene rings is 1. The molecule has 3 saturated heterocycles. The summed E-state index contributed by atoms with van der Waals surface area (Å²) in [5, 5.41) is 13.8. The number of aromatic nitrogens is 2. The average Bonchev–Trinajstić information content (AvgIpc) is 3.51. The molecular weight excluding hydrogens is 398 g/mol. The summed E-state index contributed by atoms with van der Waals surface area (Å²) in [7, 11) is 0. The predicted octanol–water partition coefficient (Wildman–Crippen LogP) is 0.887. The number of carbonyl (C=O) groups is 1. The highest BCUT2D eigenvalue weighted by Gasteiger charge is 2.36. The molecule has 3 fully saturated rings. The second kappa shape index (κ2) is 8.38. The number of carbonyl (C=O) groups excluding carboxylic acids is 1. The maximum absolute atomic E-state index is 12.7. The number of thioether (sulfide) groups is 1. The number of nitriles is 1. The number of piperazine rings is 1. The molecule has 9 heteroatoms. The van der Waals surface area contributed by atoms with E-state index >= 15 is 0 Å². The number of para-hydroxylation sites is 1. The van der Waals surface area contributed by atoms with Crippen molar-refractivity contribution in [3.63, 3.8) is 0 Å². The second-order valence-electron chi connectivity index (χ2n) is 8.01. The molecule has 0 bridgehead atoms. The number of anilines is 1. The highest BCUT2D eigenvalue weighted by Crippen LogP contribution is 2.26. The van der Waals surface area contributed by atoms with Crippen molar-refractivity contribution in [3.05, 3.63) is 30.1 Å². The number of hydrogen-bond donors (Lipinski definition) is 1. The molecule has 1 amide bonds. The number of hydrogen-bond acceptors (Lipinski definition) is 8. The monoisotopic (exact) mass is 423 g/mol. The maximum atomic E-state index is 12.7. The summed E-state index contributed by atoms with van der Waals surface area (Å²) in [5.41, 5.74) is 0.808. The minimum Gasteiger partial charge on any atom is -0.353 e. The van der Waals surface area contributed by atoms with Crippen LogP contribution in [0.4, 0.5) is 5.82 Å². The van der Waals surface area contributed by atoms with Crippen molar-refractivity contribution in [2.24, 2.45) is 0 Å². The van der Waals surface area contributed by atoms with E-state index in [1.807, 2.05) is 40.9 Å². The second-order valence-corrected chi connectivity index (χ2v) is 9.09. The molecule has 3 aliphatic heterocycles. The largest absolute Gasteiger partial charge is 0.353 e. The van der Waals surface area contributed by atoms with Crippen molar-refractivity contribution in [2.75, 3.05) is 55.8 Å². The molecule has 1 N–H and O–H groups in total. The molecule has 0 radical (unpaired) electrons. The summed E-state index contributed by atoms with van der Waals surface area (Å²) in [6.07, 6.45) is 0.884. The van der Waals surface area contributed by atoms with E-state index in [-0.39, 0.29) is 17.8 Å². The van der Waals surface area contributed by atoms with Crippen molar-refractivity contribution in [2.45, 2.75) is 18.5 Å². The van der Waals surface area contributed by atoms with E-state index in [0.717, 1.165) is 74.0 Å². The zero-order valence-corrected chi connectivity index (χ0v) is 17.6. The lowest BCUT2D eigenvalue weighted by Crippen LogP contribution is -2.51. The molecule has 8 nitrogen and oxygen atoms in total. The van der Waals surface area contributed by atoms with Gasteiger partial charge in [0.2, 0.25) is 11.7 Å². The lowest BCUT2D eigenvalue weighted by atomic mass is 10.1. The summed E-state index contributed by atoms with van der Waals surface area (Å²) in [4.78, 5) is 28.3. The third-order valence-electron chi connectivity index (χ3n) is 6.28. The van der Waals surface area contributed by atoms with Gasteiger partial charge in [-0.3, -0.25) is 9.69 Å². The number of nitrogens with one attached hydrogen (secondary N) is 1. The standard InChI is InChI=1S/C21H25N7OS/c22-12-19-24-17-4-2-1-3-16(17)20(25-19)27-7-5-26(6-8-27)15-11-18(23-13-15)21(29)28-9-10-30-14-28/h1-4,15,18,23H,5-11,13-14H2/t15-,18-/m0/s1. The quantitative estimate of drug-likeness (QED) is 0.779. The number of fused-ring (bicyclic) bond motifs is 1. The highest BCUT2D eigenvalue weighted by atomic mass is 32.2. The summed E-state index contributed by atoms with van der Waals surface area (Å²) >= 11 is 1.83. The Bertz CT molecular complexity index is 979. The van der Waals surface area contributed by atoms with Crippen LogP contribution >= 0.6 is 11.8 Å². The van der Waals surface area contributed by atoms with Gasteiger partial charge in [-0.15, -0.1) is 11.8 Å². The molecule has 1 aromatic heterocycles. The summed E-state index contributed by atoms with van der Waals surface area (Å²) in [6, 6.07) is 10.3. The van der Waals surface area contributed by atoms with Crippen LogP contribution < -0.4 is 10.2 Å². The van der Waals surface area contributed by atoms with Crippen LogP contribution in [0.3, 0.4) is 0 Å². The van der Waals surface area contributed by atoms with E-state index in [4.69, 9.17) is 0 Å². The Labute approximate surface area is 180 Å². The molecule has 156 valence electrons. The van der Waals surface area contributed by atoms with Crippen molar-refractivity contribution in [3.8, 4) is 6.07 Å². The van der Waals surface area contributed by atoms with Crippen LogP contribution in [0, 0.1) is 11.3 Å². The summed E-state index contributed by atoms with van der Waals surface area (Å²) in [6.45, 7) is 5.29. The zero-order valence-electron chi connectivity index (χ0n) is 16.8. The average molecular weight is 424 g/mol. The van der Waals surface area contributed by atoms with Gasteiger partial charge in [-0.25, -0.2) is 9.97 Å². The SMILES string of the molecule is N#Cc1nc(N2CCN([C@@H]3CN[C@H](C(=O)N4CCSC4)C3)CC2)c2ccccc2n1. The van der Waals surface area contributed by atoms with Crippen LogP contribution in [0.15, 0.2) is 24.3 Å². The first-order chi connectivity index (χ1) is 14.7. The Hall–Kier alpha value is -2.41. The normalized spacial score (nSPS) is 25.0. The molecule has 4 heterocycles. The van der Waals surface area contributed by atoms with Gasteiger partial charge in [-0.05, 0) is 18.6 Å². The minimum absolute atomic E-state index is 0.0456. The molecule has 1 aromatic carbocycles. The molecule has 5 rings (SSSR count). The van der Waals surface area contributed by atoms with E-state index in [2.05, 4.69) is 31.2 Å². The molecule has 0 unspecified atom stereocenters. The summed E-state index contributed by atoms with van der Waals surface area (Å²) in [5.74, 6) is 3.21. The molecule has 0 spiro atoms. The first-order valence-corrected chi connectivity index (χ1v) is 11.6. The third-order valence-corrected chi connectivity index (χ3v) is 7.25. The van der Waals surface area contributed by atoms with Gasteiger partial charge < -0.3 is 15.1 Å². The maximum Gasteiger partial charge on any atom is 0.240 e. The van der Waals surface area contributed by atoms with Gasteiger partial charge in [0, 0.05) is 56.4 Å². The van der Waals surface area contributed by atoms with Gasteiger partial charge >= 0.3 is 0 Å². The van der Waals surface area contributed by atoms with Gasteiger partial charge in [-0.2, -0.15) is 5.26 Å². The summed E-state index contributed by atoms with van der Waals surface area (Å²) < 4.78 is 0. The zero-order chi connectivity index (χ0) is 20.5. The lowest BCUT2D eigenvalue weighted by Gasteiger charge is -2.38. The van der Waals surface area contributed by atoms with Crippen molar-refractivity contribution in [1.82, 2.24) is 25.1 Å². The number of rotatable bonds is 3. The molecule has 30 heavy (non-hydrogen) atoms. The van der Waals surface area contributed by atoms with E-state index in [0.29, 0.717) is 6.04 Å². The van der Waals surface area contributed by atoms with Gasteiger partial charge in [0.1, 0.15) is 11.9 Å². The Morgan fingerprint density at radius 2 is 2.00 bits per heavy atom. The van der Waals surface area contributed by atoms with Crippen molar-refractivity contribution in [1.29, 1.82) is 5.26 Å². The van der Waals surface area contributed by atoms with Crippen LogP contribution in [-0.2, 0) is 4.79 Å². The Morgan fingerprint density at radius 3 is 2.77 bits per heavy atom. The Kier molecular flexibility index (Phi) is 5.46. The van der Waals surface area contributed by atoms with Gasteiger partial charge in [0.25, 0.3) is 0 Å². The highest BCUT2D eigenvalue weighted by molar-refractivity contribution is 7.99. The fourth-order valence-corrected chi connectivity index (χ4v) is 5.60. The van der Waals surface area contributed by atoms with Crippen LogP contribution in [0.5, 0.6) is 0 Å². The van der Waals surface area contributed by atoms with E-state index in [9.17, 15) is 10.1 Å². The van der Waals surface area contributed by atoms with E-state index in [1.54, 1.807) is 0 Å². The number of nitrogens with zero attached hydrogens (tertiary/aromatic N) is 6. The van der Waals surface area contributed by atoms with Crippen LogP contribution in [-0.4, -0.2) is 88.7 Å². The number of amides is 1. The van der Waals surface area contributed by atoms with Gasteiger partial charge in [0.15, 0.2) is 0 Å². The van der Waals surface area contributed by atoms with Crippen molar-refractivity contribution >= 4 is 34.4 Å². The van der Waals surface area contributed by atoms with Gasteiger partial charge in [-0.1, -0.05) is 12.1 Å². The lowest BCUT2D eigenvalue weighted by molar-refractivity contribution is -0.131. The van der Waals surface area contributed by atoms with Crippen molar-refractivity contribution < 1.29 is 4.79 Å². The first kappa shape index (κ1) is 19.5. The predicted molar refractivity (Wildman–Crippen MR) is 117 cm³/mol. The fourth-order valence-electron chi connectivity index (χ4n) is 4.64. The van der Waals surface area contributed by atoms with Crippen LogP contribution in [0.2, 0.25) is 0 Å². The van der Waals surface area contributed by atoms with E-state index < -0.39 is 0 Å². The minimum atomic E-state index is -0.0456. The fraction of sp³-hybridized carbons (Fsp3) is 0.524. The Balaban J connectivity index is 1.24. The first-order valence-electron chi connectivity index (χ1n) is 10.5. The molecule has 2 atom stereocenters. The molecule has 0 saturated carbocycles. The molecule has 0 aliphatic carbocycles. The van der Waals surface area contributed by atoms with Crippen LogP contribution in [0.1, 0.15) is 12.2 Å². The molecule has 2 aromatic rings.